The Hall–Kier alpha value is -2.76. The van der Waals surface area contributed by atoms with E-state index in [0.717, 1.165) is 22.4 Å². The molecule has 3 N–H and O–H groups in total. The average molecular weight is 371 g/mol. The quantitative estimate of drug-likeness (QED) is 0.819. The number of ether oxygens (including phenoxy) is 2. The molecule has 6 nitrogen and oxygen atoms in total. The van der Waals surface area contributed by atoms with Crippen LogP contribution in [-0.4, -0.2) is 30.3 Å². The number of alkyl carbamates (subject to hydrolysis) is 1. The number of carbonyl (C=O) groups is 1. The predicted molar refractivity (Wildman–Crippen MR) is 108 cm³/mol. The first kappa shape index (κ1) is 20.6. The third kappa shape index (κ3) is 5.61. The zero-order chi connectivity index (χ0) is 20.2. The number of aromatic nitrogens is 1. The SMILES string of the molecule is COc1nc(C)c(N)cc1-c1ccc(C(C)CNC(=O)OC(C)(C)C)cc1. The molecule has 27 heavy (non-hydrogen) atoms. The Balaban J connectivity index is 2.09. The fraction of sp³-hybridized carbons (Fsp3) is 0.429. The summed E-state index contributed by atoms with van der Waals surface area (Å²) in [6, 6.07) is 9.96. The van der Waals surface area contributed by atoms with Gasteiger partial charge < -0.3 is 20.5 Å². The molecule has 146 valence electrons. The average Bonchev–Trinajstić information content (AvgIpc) is 2.60. The minimum atomic E-state index is -0.502. The van der Waals surface area contributed by atoms with Crippen molar-refractivity contribution in [3.8, 4) is 17.0 Å². The molecule has 1 atom stereocenters. The van der Waals surface area contributed by atoms with Crippen LogP contribution < -0.4 is 15.8 Å². The van der Waals surface area contributed by atoms with Crippen molar-refractivity contribution >= 4 is 11.8 Å². The van der Waals surface area contributed by atoms with Crippen LogP contribution in [0.5, 0.6) is 5.88 Å². The number of nitrogens with two attached hydrogens (primary N) is 1. The maximum absolute atomic E-state index is 11.8. The van der Waals surface area contributed by atoms with E-state index in [1.54, 1.807) is 7.11 Å². The van der Waals surface area contributed by atoms with Crippen LogP contribution in [-0.2, 0) is 4.74 Å². The lowest BCUT2D eigenvalue weighted by Gasteiger charge is -2.21. The lowest BCUT2D eigenvalue weighted by molar-refractivity contribution is 0.0525. The number of methoxy groups -OCH3 is 1. The van der Waals surface area contributed by atoms with Gasteiger partial charge in [0.15, 0.2) is 0 Å². The van der Waals surface area contributed by atoms with Crippen molar-refractivity contribution in [2.75, 3.05) is 19.4 Å². The second-order valence-corrected chi connectivity index (χ2v) is 7.63. The molecule has 1 aromatic heterocycles. The molecule has 0 saturated heterocycles. The third-order valence-electron chi connectivity index (χ3n) is 4.15. The number of pyridine rings is 1. The van der Waals surface area contributed by atoms with E-state index >= 15 is 0 Å². The number of nitrogens with one attached hydrogen (secondary N) is 1. The number of benzene rings is 1. The maximum atomic E-state index is 11.8. The summed E-state index contributed by atoms with van der Waals surface area (Å²) in [5.41, 5.74) is 9.81. The minimum absolute atomic E-state index is 0.148. The van der Waals surface area contributed by atoms with Gasteiger partial charge in [-0.15, -0.1) is 0 Å². The predicted octanol–water partition coefficient (Wildman–Crippen LogP) is 4.28. The van der Waals surface area contributed by atoms with E-state index in [9.17, 15) is 4.79 Å². The smallest absolute Gasteiger partial charge is 0.407 e. The van der Waals surface area contributed by atoms with Gasteiger partial charge in [0, 0.05) is 12.1 Å². The van der Waals surface area contributed by atoms with Crippen LogP contribution in [0.25, 0.3) is 11.1 Å². The molecule has 0 aliphatic heterocycles. The zero-order valence-corrected chi connectivity index (χ0v) is 16.9. The number of amides is 1. The van der Waals surface area contributed by atoms with E-state index in [1.807, 2.05) is 58.0 Å². The van der Waals surface area contributed by atoms with Crippen molar-refractivity contribution in [2.45, 2.75) is 46.1 Å². The van der Waals surface area contributed by atoms with Crippen LogP contribution in [0.1, 0.15) is 44.9 Å². The van der Waals surface area contributed by atoms with Crippen LogP contribution in [0.15, 0.2) is 30.3 Å². The number of hydrogen-bond donors (Lipinski definition) is 2. The number of nitrogens with zero attached hydrogens (tertiary/aromatic N) is 1. The Labute approximate surface area is 161 Å². The standard InChI is InChI=1S/C21H29N3O3/c1-13(12-23-20(25)27-21(3,4)5)15-7-9-16(10-8-15)17-11-18(22)14(2)24-19(17)26-6/h7-11,13H,12,22H2,1-6H3,(H,23,25). The lowest BCUT2D eigenvalue weighted by Crippen LogP contribution is -2.34. The highest BCUT2D eigenvalue weighted by molar-refractivity contribution is 5.73. The second-order valence-electron chi connectivity index (χ2n) is 7.63. The number of aryl methyl sites for hydroxylation is 1. The van der Waals surface area contributed by atoms with Gasteiger partial charge in [-0.2, -0.15) is 0 Å². The monoisotopic (exact) mass is 371 g/mol. The molecular formula is C21H29N3O3. The summed E-state index contributed by atoms with van der Waals surface area (Å²) in [6.07, 6.45) is -0.406. The van der Waals surface area contributed by atoms with Crippen LogP contribution in [0.4, 0.5) is 10.5 Å². The summed E-state index contributed by atoms with van der Waals surface area (Å²) in [6.45, 7) is 9.93. The largest absolute Gasteiger partial charge is 0.481 e. The summed E-state index contributed by atoms with van der Waals surface area (Å²) in [4.78, 5) is 16.2. The summed E-state index contributed by atoms with van der Waals surface area (Å²) in [5.74, 6) is 0.698. The number of rotatable bonds is 5. The van der Waals surface area contributed by atoms with Gasteiger partial charge in [0.25, 0.3) is 0 Å². The fourth-order valence-corrected chi connectivity index (χ4v) is 2.62. The Bertz CT molecular complexity index is 796. The molecule has 2 rings (SSSR count). The van der Waals surface area contributed by atoms with E-state index in [0.29, 0.717) is 18.1 Å². The molecule has 0 fully saturated rings. The molecule has 0 aliphatic rings. The number of nitrogen functional groups attached to an aromatic ring is 1. The van der Waals surface area contributed by atoms with E-state index in [4.69, 9.17) is 15.2 Å². The van der Waals surface area contributed by atoms with E-state index in [1.165, 1.54) is 0 Å². The molecule has 1 unspecified atom stereocenters. The molecular weight excluding hydrogens is 342 g/mol. The highest BCUT2D eigenvalue weighted by Crippen LogP contribution is 2.32. The molecule has 1 amide bonds. The molecule has 0 bridgehead atoms. The van der Waals surface area contributed by atoms with Crippen molar-refractivity contribution in [1.29, 1.82) is 0 Å². The Kier molecular flexibility index (Phi) is 6.31. The van der Waals surface area contributed by atoms with Gasteiger partial charge in [0.05, 0.1) is 18.5 Å². The summed E-state index contributed by atoms with van der Waals surface area (Å²) in [5, 5.41) is 2.81. The topological polar surface area (TPSA) is 86.5 Å². The molecule has 2 aromatic rings. The molecule has 0 aliphatic carbocycles. The van der Waals surface area contributed by atoms with Crippen molar-refractivity contribution in [3.63, 3.8) is 0 Å². The number of carbonyl (C=O) groups excluding carboxylic acids is 1. The third-order valence-corrected chi connectivity index (χ3v) is 4.15. The van der Waals surface area contributed by atoms with Gasteiger partial charge in [0.2, 0.25) is 5.88 Å². The summed E-state index contributed by atoms with van der Waals surface area (Å²) < 4.78 is 10.7. The van der Waals surface area contributed by atoms with Crippen molar-refractivity contribution < 1.29 is 14.3 Å². The van der Waals surface area contributed by atoms with Crippen LogP contribution in [0.3, 0.4) is 0 Å². The van der Waals surface area contributed by atoms with Crippen molar-refractivity contribution in [2.24, 2.45) is 0 Å². The molecule has 1 aromatic carbocycles. The van der Waals surface area contributed by atoms with E-state index < -0.39 is 11.7 Å². The fourth-order valence-electron chi connectivity index (χ4n) is 2.62. The highest BCUT2D eigenvalue weighted by Gasteiger charge is 2.17. The minimum Gasteiger partial charge on any atom is -0.481 e. The summed E-state index contributed by atoms with van der Waals surface area (Å²) in [7, 11) is 1.60. The van der Waals surface area contributed by atoms with E-state index in [-0.39, 0.29) is 5.92 Å². The Morgan fingerprint density at radius 1 is 1.26 bits per heavy atom. The van der Waals surface area contributed by atoms with Gasteiger partial charge in [-0.1, -0.05) is 31.2 Å². The Morgan fingerprint density at radius 2 is 1.89 bits per heavy atom. The lowest BCUT2D eigenvalue weighted by atomic mass is 9.97. The first-order chi connectivity index (χ1) is 12.6. The highest BCUT2D eigenvalue weighted by atomic mass is 16.6. The second kappa shape index (κ2) is 8.29. The van der Waals surface area contributed by atoms with E-state index in [2.05, 4.69) is 17.2 Å². The van der Waals surface area contributed by atoms with Gasteiger partial charge in [0.1, 0.15) is 5.60 Å². The van der Waals surface area contributed by atoms with Crippen molar-refractivity contribution in [1.82, 2.24) is 10.3 Å². The van der Waals surface area contributed by atoms with Crippen LogP contribution >= 0.6 is 0 Å². The normalized spacial score (nSPS) is 12.4. The molecule has 1 heterocycles. The van der Waals surface area contributed by atoms with Gasteiger partial charge in [-0.05, 0) is 50.8 Å². The zero-order valence-electron chi connectivity index (χ0n) is 16.9. The van der Waals surface area contributed by atoms with Crippen molar-refractivity contribution in [3.05, 3.63) is 41.6 Å². The first-order valence-electron chi connectivity index (χ1n) is 8.99. The number of anilines is 1. The van der Waals surface area contributed by atoms with Gasteiger partial charge in [-0.25, -0.2) is 9.78 Å². The maximum Gasteiger partial charge on any atom is 0.407 e. The Morgan fingerprint density at radius 3 is 2.44 bits per heavy atom. The van der Waals surface area contributed by atoms with Gasteiger partial charge >= 0.3 is 6.09 Å². The number of hydrogen-bond acceptors (Lipinski definition) is 5. The molecule has 0 radical (unpaired) electrons. The van der Waals surface area contributed by atoms with Crippen LogP contribution in [0, 0.1) is 6.92 Å². The molecule has 6 heteroatoms. The molecule has 0 spiro atoms. The molecule has 0 saturated carbocycles. The van der Waals surface area contributed by atoms with Gasteiger partial charge in [-0.3, -0.25) is 0 Å². The van der Waals surface area contributed by atoms with Crippen LogP contribution in [0.2, 0.25) is 0 Å². The summed E-state index contributed by atoms with van der Waals surface area (Å²) >= 11 is 0. The first-order valence-corrected chi connectivity index (χ1v) is 8.99.